The fourth-order valence-electron chi connectivity index (χ4n) is 3.13. The van der Waals surface area contributed by atoms with E-state index in [1.165, 1.54) is 5.39 Å². The Balaban J connectivity index is 1.57. The molecule has 0 fully saturated rings. The highest BCUT2D eigenvalue weighted by Gasteiger charge is 2.08. The number of oxime groups is 1. The number of hydrogen-bond acceptors (Lipinski definition) is 2. The molecule has 0 aliphatic carbocycles. The van der Waals surface area contributed by atoms with Crippen LogP contribution in [0, 0.1) is 0 Å². The minimum atomic E-state index is -0.257. The zero-order chi connectivity index (χ0) is 19.0. The summed E-state index contributed by atoms with van der Waals surface area (Å²) >= 11 is 0. The molecule has 0 spiro atoms. The Morgan fingerprint density at radius 2 is 1.36 bits per heavy atom. The molecule has 0 amide bonds. The second-order valence-corrected chi connectivity index (χ2v) is 6.51. The summed E-state index contributed by atoms with van der Waals surface area (Å²) in [5.41, 5.74) is 3.23. The van der Waals surface area contributed by atoms with E-state index in [-0.39, 0.29) is 6.10 Å². The summed E-state index contributed by atoms with van der Waals surface area (Å²) < 4.78 is 0. The molecule has 136 valence electrons. The van der Waals surface area contributed by atoms with Gasteiger partial charge < -0.3 is 4.84 Å². The van der Waals surface area contributed by atoms with Crippen molar-refractivity contribution in [3.63, 3.8) is 0 Å². The van der Waals surface area contributed by atoms with Gasteiger partial charge in [0.05, 0.1) is 6.21 Å². The number of hydrogen-bond donors (Lipinski definition) is 0. The van der Waals surface area contributed by atoms with Crippen LogP contribution in [0.5, 0.6) is 0 Å². The smallest absolute Gasteiger partial charge is 0.171 e. The van der Waals surface area contributed by atoms with Crippen LogP contribution in [0.1, 0.15) is 22.8 Å². The van der Waals surface area contributed by atoms with E-state index in [9.17, 15) is 0 Å². The second kappa shape index (κ2) is 8.83. The SMILES string of the molecule is C(=C\C(O/N=C/c1cccc2ccccc12)c1ccccc1)/c1ccccc1. The molecule has 1 atom stereocenters. The molecule has 0 aliphatic heterocycles. The molecule has 0 saturated carbocycles. The van der Waals surface area contributed by atoms with Crippen molar-refractivity contribution >= 4 is 23.1 Å². The monoisotopic (exact) mass is 363 g/mol. The van der Waals surface area contributed by atoms with E-state index in [0.717, 1.165) is 22.1 Å². The maximum absolute atomic E-state index is 5.89. The van der Waals surface area contributed by atoms with E-state index in [1.54, 1.807) is 6.21 Å². The van der Waals surface area contributed by atoms with Crippen molar-refractivity contribution in [2.45, 2.75) is 6.10 Å². The van der Waals surface area contributed by atoms with Gasteiger partial charge in [-0.3, -0.25) is 0 Å². The summed E-state index contributed by atoms with van der Waals surface area (Å²) in [4.78, 5) is 5.89. The molecule has 2 nitrogen and oxygen atoms in total. The molecule has 2 heteroatoms. The first-order chi connectivity index (χ1) is 13.9. The van der Waals surface area contributed by atoms with Crippen LogP contribution >= 0.6 is 0 Å². The maximum atomic E-state index is 5.89. The van der Waals surface area contributed by atoms with Crippen molar-refractivity contribution in [3.05, 3.63) is 126 Å². The van der Waals surface area contributed by atoms with Gasteiger partial charge in [0, 0.05) is 5.56 Å². The van der Waals surface area contributed by atoms with Crippen molar-refractivity contribution in [1.82, 2.24) is 0 Å². The second-order valence-electron chi connectivity index (χ2n) is 6.51. The van der Waals surface area contributed by atoms with Gasteiger partial charge in [0.2, 0.25) is 0 Å². The largest absolute Gasteiger partial charge is 0.383 e. The Morgan fingerprint density at radius 1 is 0.679 bits per heavy atom. The minimum absolute atomic E-state index is 0.257. The van der Waals surface area contributed by atoms with Crippen LogP contribution in [0.3, 0.4) is 0 Å². The van der Waals surface area contributed by atoms with Crippen LogP contribution < -0.4 is 0 Å². The van der Waals surface area contributed by atoms with E-state index in [0.29, 0.717) is 0 Å². The van der Waals surface area contributed by atoms with Gasteiger partial charge in [-0.15, -0.1) is 0 Å². The number of rotatable bonds is 6. The van der Waals surface area contributed by atoms with Gasteiger partial charge in [-0.2, -0.15) is 0 Å². The maximum Gasteiger partial charge on any atom is 0.171 e. The van der Waals surface area contributed by atoms with Crippen LogP contribution in [-0.2, 0) is 4.84 Å². The van der Waals surface area contributed by atoms with Crippen molar-refractivity contribution in [2.24, 2.45) is 5.16 Å². The zero-order valence-corrected chi connectivity index (χ0v) is 15.5. The van der Waals surface area contributed by atoms with Gasteiger partial charge in [0.15, 0.2) is 6.10 Å². The Morgan fingerprint density at radius 3 is 2.18 bits per heavy atom. The van der Waals surface area contributed by atoms with Crippen LogP contribution in [0.2, 0.25) is 0 Å². The highest BCUT2D eigenvalue weighted by Crippen LogP contribution is 2.21. The molecule has 0 N–H and O–H groups in total. The third-order valence-corrected chi connectivity index (χ3v) is 4.58. The first-order valence-corrected chi connectivity index (χ1v) is 9.35. The first-order valence-electron chi connectivity index (χ1n) is 9.35. The summed E-state index contributed by atoms with van der Waals surface area (Å²) in [5.74, 6) is 0. The lowest BCUT2D eigenvalue weighted by Crippen LogP contribution is -1.97. The van der Waals surface area contributed by atoms with Gasteiger partial charge in [0.1, 0.15) is 0 Å². The topological polar surface area (TPSA) is 21.6 Å². The van der Waals surface area contributed by atoms with Gasteiger partial charge in [-0.25, -0.2) is 0 Å². The highest BCUT2D eigenvalue weighted by atomic mass is 16.6. The predicted molar refractivity (Wildman–Crippen MR) is 117 cm³/mol. The van der Waals surface area contributed by atoms with Crippen molar-refractivity contribution < 1.29 is 4.84 Å². The number of nitrogens with zero attached hydrogens (tertiary/aromatic N) is 1. The molecule has 0 heterocycles. The fraction of sp³-hybridized carbons (Fsp3) is 0.0385. The average molecular weight is 363 g/mol. The Hall–Kier alpha value is -3.65. The van der Waals surface area contributed by atoms with Crippen molar-refractivity contribution in [2.75, 3.05) is 0 Å². The van der Waals surface area contributed by atoms with Gasteiger partial charge in [-0.1, -0.05) is 114 Å². The molecule has 4 aromatic rings. The lowest BCUT2D eigenvalue weighted by Gasteiger charge is -2.11. The molecular formula is C26H21NO. The standard InChI is InChI=1S/C26H21NO/c1-3-10-21(11-4-1)18-19-26(23-13-5-2-6-14-23)28-27-20-24-16-9-15-22-12-7-8-17-25(22)24/h1-20,26H/b19-18+,27-20+. The minimum Gasteiger partial charge on any atom is -0.383 e. The molecule has 0 aromatic heterocycles. The lowest BCUT2D eigenvalue weighted by atomic mass is 10.1. The Labute approximate surface area is 165 Å². The van der Waals surface area contributed by atoms with Gasteiger partial charge in [0.25, 0.3) is 0 Å². The molecule has 0 aliphatic rings. The van der Waals surface area contributed by atoms with E-state index >= 15 is 0 Å². The average Bonchev–Trinajstić information content (AvgIpc) is 2.77. The Bertz CT molecular complexity index is 1080. The van der Waals surface area contributed by atoms with E-state index in [4.69, 9.17) is 4.84 Å². The van der Waals surface area contributed by atoms with Gasteiger partial charge >= 0.3 is 0 Å². The molecule has 0 radical (unpaired) electrons. The molecule has 4 aromatic carbocycles. The van der Waals surface area contributed by atoms with Crippen LogP contribution in [0.4, 0.5) is 0 Å². The lowest BCUT2D eigenvalue weighted by molar-refractivity contribution is 0.0949. The normalized spacial score (nSPS) is 12.6. The molecule has 28 heavy (non-hydrogen) atoms. The van der Waals surface area contributed by atoms with E-state index in [1.807, 2.05) is 78.9 Å². The van der Waals surface area contributed by atoms with Gasteiger partial charge in [-0.05, 0) is 28.0 Å². The fourth-order valence-corrected chi connectivity index (χ4v) is 3.13. The van der Waals surface area contributed by atoms with E-state index < -0.39 is 0 Å². The Kier molecular flexibility index (Phi) is 5.60. The van der Waals surface area contributed by atoms with Crippen molar-refractivity contribution in [3.8, 4) is 0 Å². The predicted octanol–water partition coefficient (Wildman–Crippen LogP) is 6.65. The number of benzene rings is 4. The summed E-state index contributed by atoms with van der Waals surface area (Å²) in [7, 11) is 0. The molecule has 4 rings (SSSR count). The van der Waals surface area contributed by atoms with Crippen LogP contribution in [0.25, 0.3) is 16.8 Å². The number of fused-ring (bicyclic) bond motifs is 1. The summed E-state index contributed by atoms with van der Waals surface area (Å²) in [6, 6.07) is 34.8. The van der Waals surface area contributed by atoms with Crippen LogP contribution in [0.15, 0.2) is 114 Å². The first kappa shape index (κ1) is 17.7. The van der Waals surface area contributed by atoms with Crippen molar-refractivity contribution in [1.29, 1.82) is 0 Å². The quantitative estimate of drug-likeness (QED) is 0.278. The van der Waals surface area contributed by atoms with Crippen LogP contribution in [-0.4, -0.2) is 6.21 Å². The summed E-state index contributed by atoms with van der Waals surface area (Å²) in [6.45, 7) is 0. The summed E-state index contributed by atoms with van der Waals surface area (Å²) in [5, 5.41) is 6.65. The molecule has 0 bridgehead atoms. The van der Waals surface area contributed by atoms with E-state index in [2.05, 4.69) is 41.6 Å². The highest BCUT2D eigenvalue weighted by molar-refractivity contribution is 5.99. The summed E-state index contributed by atoms with van der Waals surface area (Å²) in [6.07, 6.45) is 5.62. The molecule has 0 saturated heterocycles. The third kappa shape index (κ3) is 4.36. The third-order valence-electron chi connectivity index (χ3n) is 4.58. The molecular weight excluding hydrogens is 342 g/mol. The zero-order valence-electron chi connectivity index (χ0n) is 15.5. The molecule has 1 unspecified atom stereocenters.